The number of nitriles is 1. The second kappa shape index (κ2) is 6.56. The molecule has 1 fully saturated rings. The average molecular weight is 304 g/mol. The fraction of sp³-hybridized carbons (Fsp3) is 0.381. The molecular formula is C21H24N2. The molecule has 1 aliphatic rings. The number of hydrogen-bond donors (Lipinski definition) is 0. The monoisotopic (exact) mass is 304 g/mol. The first-order valence-corrected chi connectivity index (χ1v) is 8.39. The highest BCUT2D eigenvalue weighted by atomic mass is 15.1. The fourth-order valence-electron chi connectivity index (χ4n) is 3.67. The van der Waals surface area contributed by atoms with Crippen LogP contribution in [-0.4, -0.2) is 18.0 Å². The van der Waals surface area contributed by atoms with Crippen LogP contribution in [0.3, 0.4) is 0 Å². The van der Waals surface area contributed by atoms with Gasteiger partial charge in [-0.25, -0.2) is 0 Å². The topological polar surface area (TPSA) is 27.0 Å². The van der Waals surface area contributed by atoms with E-state index < -0.39 is 0 Å². The van der Waals surface area contributed by atoms with Gasteiger partial charge in [0.2, 0.25) is 0 Å². The highest BCUT2D eigenvalue weighted by molar-refractivity contribution is 5.37. The van der Waals surface area contributed by atoms with Gasteiger partial charge in [-0.2, -0.15) is 5.26 Å². The summed E-state index contributed by atoms with van der Waals surface area (Å²) in [5.41, 5.74) is 3.61. The van der Waals surface area contributed by atoms with Crippen LogP contribution in [-0.2, 0) is 12.0 Å². The van der Waals surface area contributed by atoms with Crippen molar-refractivity contribution in [1.29, 1.82) is 5.26 Å². The molecule has 0 amide bonds. The second-order valence-electron chi connectivity index (χ2n) is 6.98. The molecule has 0 bridgehead atoms. The largest absolute Gasteiger partial charge is 0.299 e. The predicted octanol–water partition coefficient (Wildman–Crippen LogP) is 4.36. The van der Waals surface area contributed by atoms with Crippen LogP contribution in [0.15, 0.2) is 54.6 Å². The highest BCUT2D eigenvalue weighted by Crippen LogP contribution is 2.39. The molecule has 0 saturated carbocycles. The molecule has 2 aromatic carbocycles. The van der Waals surface area contributed by atoms with E-state index in [1.165, 1.54) is 11.1 Å². The van der Waals surface area contributed by atoms with Crippen molar-refractivity contribution < 1.29 is 0 Å². The van der Waals surface area contributed by atoms with Crippen molar-refractivity contribution >= 4 is 0 Å². The predicted molar refractivity (Wildman–Crippen MR) is 94.0 cm³/mol. The van der Waals surface area contributed by atoms with Crippen molar-refractivity contribution in [3.63, 3.8) is 0 Å². The molecule has 118 valence electrons. The van der Waals surface area contributed by atoms with Gasteiger partial charge in [-0.3, -0.25) is 4.90 Å². The van der Waals surface area contributed by atoms with Crippen molar-refractivity contribution in [2.75, 3.05) is 13.1 Å². The molecule has 0 radical (unpaired) electrons. The van der Waals surface area contributed by atoms with Crippen molar-refractivity contribution in [1.82, 2.24) is 4.90 Å². The number of likely N-dealkylation sites (tertiary alicyclic amines) is 1. The molecule has 0 unspecified atom stereocenters. The number of hydrogen-bond acceptors (Lipinski definition) is 2. The van der Waals surface area contributed by atoms with Crippen LogP contribution in [0.25, 0.3) is 0 Å². The van der Waals surface area contributed by atoms with Gasteiger partial charge in [-0.05, 0) is 47.6 Å². The minimum absolute atomic E-state index is 0.153. The summed E-state index contributed by atoms with van der Waals surface area (Å²) in [4.78, 5) is 2.55. The minimum Gasteiger partial charge on any atom is -0.299 e. The molecule has 0 aliphatic carbocycles. The van der Waals surface area contributed by atoms with Gasteiger partial charge in [0.15, 0.2) is 0 Å². The number of nitrogens with zero attached hydrogens (tertiary/aromatic N) is 2. The first-order chi connectivity index (χ1) is 11.1. The first-order valence-electron chi connectivity index (χ1n) is 8.39. The number of piperidine rings is 1. The van der Waals surface area contributed by atoms with Crippen molar-refractivity contribution in [2.45, 2.75) is 32.2 Å². The standard InChI is InChI=1S/C21H24N2/c1-17-15-23(16-18-7-4-3-5-8-18)12-11-21(17,2)20-10-6-9-19(13-20)14-22/h3-10,13,17H,11-12,15-16H2,1-2H3/t17-,21+/m0/s1. The van der Waals surface area contributed by atoms with E-state index in [-0.39, 0.29) is 5.41 Å². The van der Waals surface area contributed by atoms with Gasteiger partial charge in [-0.1, -0.05) is 56.3 Å². The molecule has 1 aliphatic heterocycles. The van der Waals surface area contributed by atoms with E-state index in [0.717, 1.165) is 31.6 Å². The normalized spacial score (nSPS) is 25.0. The van der Waals surface area contributed by atoms with E-state index in [1.807, 2.05) is 12.1 Å². The lowest BCUT2D eigenvalue weighted by Gasteiger charge is -2.45. The third-order valence-electron chi connectivity index (χ3n) is 5.47. The maximum absolute atomic E-state index is 9.16. The molecule has 0 aromatic heterocycles. The van der Waals surface area contributed by atoms with Crippen LogP contribution < -0.4 is 0 Å². The van der Waals surface area contributed by atoms with E-state index in [9.17, 15) is 0 Å². The van der Waals surface area contributed by atoms with Crippen LogP contribution in [0.2, 0.25) is 0 Å². The summed E-state index contributed by atoms with van der Waals surface area (Å²) in [5.74, 6) is 0.564. The quantitative estimate of drug-likeness (QED) is 0.842. The molecule has 1 saturated heterocycles. The van der Waals surface area contributed by atoms with Crippen molar-refractivity contribution in [3.8, 4) is 6.07 Å². The Morgan fingerprint density at radius 1 is 1.17 bits per heavy atom. The molecule has 3 rings (SSSR count). The van der Waals surface area contributed by atoms with Crippen molar-refractivity contribution in [3.05, 3.63) is 71.3 Å². The Hall–Kier alpha value is -2.11. The van der Waals surface area contributed by atoms with Crippen molar-refractivity contribution in [2.24, 2.45) is 5.92 Å². The molecule has 0 N–H and O–H groups in total. The van der Waals surface area contributed by atoms with E-state index >= 15 is 0 Å². The fourth-order valence-corrected chi connectivity index (χ4v) is 3.67. The summed E-state index contributed by atoms with van der Waals surface area (Å²) >= 11 is 0. The van der Waals surface area contributed by atoms with Crippen LogP contribution in [0.1, 0.15) is 37.0 Å². The van der Waals surface area contributed by atoms with Gasteiger partial charge in [0, 0.05) is 13.1 Å². The lowest BCUT2D eigenvalue weighted by Crippen LogP contribution is -2.46. The van der Waals surface area contributed by atoms with Crippen LogP contribution in [0.5, 0.6) is 0 Å². The van der Waals surface area contributed by atoms with E-state index in [1.54, 1.807) is 0 Å². The van der Waals surface area contributed by atoms with Gasteiger partial charge in [0.05, 0.1) is 11.6 Å². The molecule has 2 nitrogen and oxygen atoms in total. The van der Waals surface area contributed by atoms with Gasteiger partial charge in [-0.15, -0.1) is 0 Å². The second-order valence-corrected chi connectivity index (χ2v) is 6.98. The Bertz CT molecular complexity index is 701. The number of rotatable bonds is 3. The zero-order valence-corrected chi connectivity index (χ0v) is 14.0. The SMILES string of the molecule is C[C@H]1CN(Cc2ccccc2)CC[C@@]1(C)c1cccc(C#N)c1. The Morgan fingerprint density at radius 3 is 2.65 bits per heavy atom. The summed E-state index contributed by atoms with van der Waals surface area (Å²) in [6, 6.07) is 21.1. The summed E-state index contributed by atoms with van der Waals surface area (Å²) in [6.45, 7) is 7.93. The smallest absolute Gasteiger partial charge is 0.0991 e. The number of benzene rings is 2. The molecule has 1 heterocycles. The van der Waals surface area contributed by atoms with Gasteiger partial charge < -0.3 is 0 Å². The molecular weight excluding hydrogens is 280 g/mol. The van der Waals surface area contributed by atoms with Crippen LogP contribution in [0, 0.1) is 17.2 Å². The van der Waals surface area contributed by atoms with E-state index in [2.05, 4.69) is 67.3 Å². The summed E-state index contributed by atoms with van der Waals surface area (Å²) in [6.07, 6.45) is 1.13. The molecule has 2 atom stereocenters. The third-order valence-corrected chi connectivity index (χ3v) is 5.47. The Balaban J connectivity index is 1.74. The highest BCUT2D eigenvalue weighted by Gasteiger charge is 2.37. The average Bonchev–Trinajstić information content (AvgIpc) is 2.59. The van der Waals surface area contributed by atoms with Gasteiger partial charge in [0.1, 0.15) is 0 Å². The van der Waals surface area contributed by atoms with Crippen LogP contribution in [0.4, 0.5) is 0 Å². The van der Waals surface area contributed by atoms with E-state index in [4.69, 9.17) is 5.26 Å². The molecule has 0 spiro atoms. The Morgan fingerprint density at radius 2 is 1.96 bits per heavy atom. The van der Waals surface area contributed by atoms with Crippen LogP contribution >= 0.6 is 0 Å². The van der Waals surface area contributed by atoms with Gasteiger partial charge in [0.25, 0.3) is 0 Å². The maximum atomic E-state index is 9.16. The maximum Gasteiger partial charge on any atom is 0.0991 e. The first kappa shape index (κ1) is 15.8. The Kier molecular flexibility index (Phi) is 4.50. The van der Waals surface area contributed by atoms with E-state index in [0.29, 0.717) is 5.92 Å². The molecule has 23 heavy (non-hydrogen) atoms. The Labute approximate surface area is 139 Å². The zero-order chi connectivity index (χ0) is 16.3. The summed E-state index contributed by atoms with van der Waals surface area (Å²) in [7, 11) is 0. The minimum atomic E-state index is 0.153. The summed E-state index contributed by atoms with van der Waals surface area (Å²) < 4.78 is 0. The lowest BCUT2D eigenvalue weighted by molar-refractivity contribution is 0.105. The third kappa shape index (κ3) is 3.30. The lowest BCUT2D eigenvalue weighted by atomic mass is 9.68. The summed E-state index contributed by atoms with van der Waals surface area (Å²) in [5, 5.41) is 9.16. The van der Waals surface area contributed by atoms with Gasteiger partial charge >= 0.3 is 0 Å². The zero-order valence-electron chi connectivity index (χ0n) is 14.0. The molecule has 2 aromatic rings. The molecule has 2 heteroatoms.